The molecule has 0 atom stereocenters. The monoisotopic (exact) mass is 508 g/mol. The van der Waals surface area contributed by atoms with Crippen molar-refractivity contribution in [3.8, 4) is 5.75 Å². The van der Waals surface area contributed by atoms with Crippen LogP contribution in [-0.2, 0) is 27.2 Å². The molecule has 9 nitrogen and oxygen atoms in total. The molecule has 0 unspecified atom stereocenters. The standard InChI is InChI=1S/C28H32N2O7/c1-5-34-26(31)16-35-20-7-9-23(18(4)12-20)29-27(32)19-6-8-21-22-10-11-30(28(33)36-15-17(2)3)14-25(22)37-24(21)13-19/h6-9,12-13,17H,5,10-11,14-16H2,1-4H3,(H,29,32). The van der Waals surface area contributed by atoms with Crippen molar-refractivity contribution in [3.63, 3.8) is 0 Å². The topological polar surface area (TPSA) is 107 Å². The van der Waals surface area contributed by atoms with Gasteiger partial charge in [-0.25, -0.2) is 9.59 Å². The maximum absolute atomic E-state index is 13.0. The van der Waals surface area contributed by atoms with Gasteiger partial charge in [0.15, 0.2) is 6.61 Å². The molecule has 4 rings (SSSR count). The smallest absolute Gasteiger partial charge is 0.410 e. The van der Waals surface area contributed by atoms with Crippen molar-refractivity contribution in [2.75, 3.05) is 31.7 Å². The summed E-state index contributed by atoms with van der Waals surface area (Å²) in [5.41, 5.74) is 3.53. The molecule has 196 valence electrons. The fourth-order valence-corrected chi connectivity index (χ4v) is 4.13. The van der Waals surface area contributed by atoms with Crippen LogP contribution >= 0.6 is 0 Å². The molecule has 0 spiro atoms. The Balaban J connectivity index is 1.43. The average molecular weight is 509 g/mol. The lowest BCUT2D eigenvalue weighted by atomic mass is 10.0. The van der Waals surface area contributed by atoms with Crippen molar-refractivity contribution in [3.05, 3.63) is 58.8 Å². The van der Waals surface area contributed by atoms with Crippen LogP contribution in [0.1, 0.15) is 48.0 Å². The predicted octanol–water partition coefficient (Wildman–Crippen LogP) is 5.09. The van der Waals surface area contributed by atoms with Crippen LogP contribution in [0, 0.1) is 12.8 Å². The number of nitrogens with zero attached hydrogens (tertiary/aromatic N) is 1. The summed E-state index contributed by atoms with van der Waals surface area (Å²) in [4.78, 5) is 38.5. The van der Waals surface area contributed by atoms with Crippen molar-refractivity contribution >= 4 is 34.6 Å². The molecule has 2 aromatic carbocycles. The van der Waals surface area contributed by atoms with E-state index in [2.05, 4.69) is 5.32 Å². The van der Waals surface area contributed by atoms with Gasteiger partial charge in [0.1, 0.15) is 17.1 Å². The molecule has 1 aliphatic heterocycles. The maximum Gasteiger partial charge on any atom is 0.410 e. The average Bonchev–Trinajstić information content (AvgIpc) is 3.24. The van der Waals surface area contributed by atoms with Crippen molar-refractivity contribution < 1.29 is 33.0 Å². The van der Waals surface area contributed by atoms with Crippen molar-refractivity contribution in [1.82, 2.24) is 4.90 Å². The summed E-state index contributed by atoms with van der Waals surface area (Å²) in [5.74, 6) is 0.777. The van der Waals surface area contributed by atoms with Crippen LogP contribution in [0.2, 0.25) is 0 Å². The van der Waals surface area contributed by atoms with Gasteiger partial charge in [0.05, 0.1) is 19.8 Å². The van der Waals surface area contributed by atoms with E-state index in [-0.39, 0.29) is 24.5 Å². The van der Waals surface area contributed by atoms with Crippen molar-refractivity contribution in [2.45, 2.75) is 40.7 Å². The number of rotatable bonds is 8. The summed E-state index contributed by atoms with van der Waals surface area (Å²) in [6, 6.07) is 10.5. The first-order valence-electron chi connectivity index (χ1n) is 12.4. The first-order chi connectivity index (χ1) is 17.7. The van der Waals surface area contributed by atoms with Gasteiger partial charge in [-0.1, -0.05) is 19.9 Å². The molecule has 3 aromatic rings. The van der Waals surface area contributed by atoms with E-state index >= 15 is 0 Å². The van der Waals surface area contributed by atoms with Gasteiger partial charge in [-0.3, -0.25) is 4.79 Å². The zero-order valence-corrected chi connectivity index (χ0v) is 21.6. The number of esters is 1. The van der Waals surface area contributed by atoms with Crippen LogP contribution in [0.25, 0.3) is 11.0 Å². The van der Waals surface area contributed by atoms with Crippen LogP contribution in [0.3, 0.4) is 0 Å². The molecule has 37 heavy (non-hydrogen) atoms. The molecule has 0 aliphatic carbocycles. The number of benzene rings is 2. The first-order valence-corrected chi connectivity index (χ1v) is 12.4. The number of carbonyl (C=O) groups is 3. The second kappa shape index (κ2) is 11.4. The van der Waals surface area contributed by atoms with E-state index in [4.69, 9.17) is 18.6 Å². The Morgan fingerprint density at radius 2 is 1.92 bits per heavy atom. The number of furan rings is 1. The fourth-order valence-electron chi connectivity index (χ4n) is 4.13. The van der Waals surface area contributed by atoms with Crippen molar-refractivity contribution in [2.24, 2.45) is 5.92 Å². The third kappa shape index (κ3) is 6.22. The number of anilines is 1. The molecule has 0 saturated heterocycles. The SMILES string of the molecule is CCOC(=O)COc1ccc(NC(=O)c2ccc3c4c(oc3c2)CN(C(=O)OCC(C)C)CC4)c(C)c1. The molecule has 1 aromatic heterocycles. The van der Waals surface area contributed by atoms with Gasteiger partial charge in [-0.15, -0.1) is 0 Å². The molecule has 2 heterocycles. The quantitative estimate of drug-likeness (QED) is 0.423. The van der Waals surface area contributed by atoms with Crippen LogP contribution in [-0.4, -0.2) is 49.2 Å². The molecular formula is C28H32N2O7. The highest BCUT2D eigenvalue weighted by atomic mass is 16.6. The Labute approximate surface area is 215 Å². The minimum absolute atomic E-state index is 0.178. The van der Waals surface area contributed by atoms with Crippen LogP contribution in [0.5, 0.6) is 5.75 Å². The highest BCUT2D eigenvalue weighted by Crippen LogP contribution is 2.32. The van der Waals surface area contributed by atoms with E-state index in [1.165, 1.54) is 0 Å². The van der Waals surface area contributed by atoms with Gasteiger partial charge < -0.3 is 28.8 Å². The third-order valence-corrected chi connectivity index (χ3v) is 6.01. The Hall–Kier alpha value is -4.01. The first kappa shape index (κ1) is 26.1. The van der Waals surface area contributed by atoms with Crippen LogP contribution in [0.15, 0.2) is 40.8 Å². The highest BCUT2D eigenvalue weighted by Gasteiger charge is 2.27. The number of fused-ring (bicyclic) bond motifs is 3. The molecule has 0 radical (unpaired) electrons. The van der Waals surface area contributed by atoms with Gasteiger partial charge in [0.2, 0.25) is 0 Å². The number of carbonyl (C=O) groups excluding carboxylic acids is 3. The van der Waals surface area contributed by atoms with E-state index in [0.717, 1.165) is 22.3 Å². The fraction of sp³-hybridized carbons (Fsp3) is 0.393. The van der Waals surface area contributed by atoms with E-state index in [1.807, 2.05) is 26.8 Å². The number of hydrogen-bond donors (Lipinski definition) is 1. The molecule has 1 aliphatic rings. The summed E-state index contributed by atoms with van der Waals surface area (Å²) >= 11 is 0. The molecular weight excluding hydrogens is 476 g/mol. The van der Waals surface area contributed by atoms with Crippen molar-refractivity contribution in [1.29, 1.82) is 0 Å². The lowest BCUT2D eigenvalue weighted by molar-refractivity contribution is -0.145. The number of nitrogens with one attached hydrogen (secondary N) is 1. The predicted molar refractivity (Wildman–Crippen MR) is 138 cm³/mol. The third-order valence-electron chi connectivity index (χ3n) is 6.01. The Bertz CT molecular complexity index is 1310. The number of ether oxygens (including phenoxy) is 3. The van der Waals surface area contributed by atoms with Gasteiger partial charge in [-0.2, -0.15) is 0 Å². The maximum atomic E-state index is 13.0. The minimum Gasteiger partial charge on any atom is -0.482 e. The Morgan fingerprint density at radius 1 is 1.11 bits per heavy atom. The molecule has 1 N–H and O–H groups in total. The molecule has 0 saturated carbocycles. The summed E-state index contributed by atoms with van der Waals surface area (Å²) in [5, 5.41) is 3.86. The summed E-state index contributed by atoms with van der Waals surface area (Å²) in [6.45, 7) is 8.96. The van der Waals surface area contributed by atoms with Gasteiger partial charge >= 0.3 is 12.1 Å². The zero-order chi connectivity index (χ0) is 26.5. The summed E-state index contributed by atoms with van der Waals surface area (Å²) < 4.78 is 21.7. The largest absolute Gasteiger partial charge is 0.482 e. The van der Waals surface area contributed by atoms with Gasteiger partial charge in [0, 0.05) is 28.7 Å². The lowest BCUT2D eigenvalue weighted by Crippen LogP contribution is -2.36. The highest BCUT2D eigenvalue weighted by molar-refractivity contribution is 6.06. The molecule has 2 amide bonds. The van der Waals surface area contributed by atoms with E-state index in [0.29, 0.717) is 55.3 Å². The van der Waals surface area contributed by atoms with E-state index < -0.39 is 5.97 Å². The van der Waals surface area contributed by atoms with Crippen LogP contribution < -0.4 is 10.1 Å². The summed E-state index contributed by atoms with van der Waals surface area (Å²) in [6.07, 6.45) is 0.321. The van der Waals surface area contributed by atoms with Gasteiger partial charge in [-0.05, 0) is 62.1 Å². The molecule has 0 fully saturated rings. The second-order valence-corrected chi connectivity index (χ2v) is 9.38. The summed E-state index contributed by atoms with van der Waals surface area (Å²) in [7, 11) is 0. The lowest BCUT2D eigenvalue weighted by Gasteiger charge is -2.25. The van der Waals surface area contributed by atoms with E-state index in [9.17, 15) is 14.4 Å². The minimum atomic E-state index is -0.439. The van der Waals surface area contributed by atoms with Gasteiger partial charge in [0.25, 0.3) is 5.91 Å². The Kier molecular flexibility index (Phi) is 8.01. The normalized spacial score (nSPS) is 12.8. The Morgan fingerprint density at radius 3 is 2.65 bits per heavy atom. The number of aryl methyl sites for hydroxylation is 1. The number of amides is 2. The molecule has 9 heteroatoms. The van der Waals surface area contributed by atoms with Crippen LogP contribution in [0.4, 0.5) is 10.5 Å². The zero-order valence-electron chi connectivity index (χ0n) is 21.6. The molecule has 0 bridgehead atoms. The number of hydrogen-bond acceptors (Lipinski definition) is 7. The van der Waals surface area contributed by atoms with E-state index in [1.54, 1.807) is 42.2 Å². The second-order valence-electron chi connectivity index (χ2n) is 9.38.